The van der Waals surface area contributed by atoms with Crippen LogP contribution in [0.3, 0.4) is 0 Å². The maximum absolute atomic E-state index is 5.91. The molecule has 1 saturated carbocycles. The minimum atomic E-state index is 0.477. The summed E-state index contributed by atoms with van der Waals surface area (Å²) in [4.78, 5) is 0. The molecule has 0 amide bonds. The summed E-state index contributed by atoms with van der Waals surface area (Å²) >= 11 is 2.17. The van der Waals surface area contributed by atoms with Crippen LogP contribution >= 0.6 is 11.8 Å². The molecule has 2 heteroatoms. The summed E-state index contributed by atoms with van der Waals surface area (Å²) in [5.41, 5.74) is 6.38. The van der Waals surface area contributed by atoms with Crippen LogP contribution in [0, 0.1) is 17.3 Å². The van der Waals surface area contributed by atoms with E-state index in [1.54, 1.807) is 0 Å². The molecule has 0 aromatic heterocycles. The van der Waals surface area contributed by atoms with E-state index in [4.69, 9.17) is 5.73 Å². The van der Waals surface area contributed by atoms with Gasteiger partial charge in [0.05, 0.1) is 0 Å². The smallest absolute Gasteiger partial charge is 0.00901 e. The Morgan fingerprint density at radius 1 is 1.25 bits per heavy atom. The van der Waals surface area contributed by atoms with Crippen molar-refractivity contribution in [3.8, 4) is 0 Å². The summed E-state index contributed by atoms with van der Waals surface area (Å²) in [5.74, 6) is 2.97. The fourth-order valence-electron chi connectivity index (χ4n) is 2.72. The van der Waals surface area contributed by atoms with Gasteiger partial charge in [-0.3, -0.25) is 0 Å². The van der Waals surface area contributed by atoms with Gasteiger partial charge in [0.1, 0.15) is 0 Å². The molecular formula is C14H29NS. The standard InChI is InChI=1S/C14H29NS/c1-5-8-16-13-9-12(14(2,3)4)7-6-11(13)10-15/h11-13H,5-10,15H2,1-4H3. The molecule has 1 nitrogen and oxygen atoms in total. The minimum Gasteiger partial charge on any atom is -0.330 e. The van der Waals surface area contributed by atoms with Crippen LogP contribution in [0.15, 0.2) is 0 Å². The molecule has 1 aliphatic carbocycles. The lowest BCUT2D eigenvalue weighted by molar-refractivity contribution is 0.157. The average molecular weight is 243 g/mol. The highest BCUT2D eigenvalue weighted by Gasteiger charge is 2.35. The number of nitrogens with two attached hydrogens (primary N) is 1. The Labute approximate surface area is 106 Å². The Morgan fingerprint density at radius 3 is 2.44 bits per heavy atom. The van der Waals surface area contributed by atoms with E-state index in [9.17, 15) is 0 Å². The zero-order valence-electron chi connectivity index (χ0n) is 11.5. The third-order valence-corrected chi connectivity index (χ3v) is 5.64. The maximum atomic E-state index is 5.91. The van der Waals surface area contributed by atoms with Crippen LogP contribution in [0.5, 0.6) is 0 Å². The predicted octanol–water partition coefficient (Wildman–Crippen LogP) is 3.92. The van der Waals surface area contributed by atoms with Gasteiger partial charge in [0.25, 0.3) is 0 Å². The van der Waals surface area contributed by atoms with Crippen LogP contribution in [0.2, 0.25) is 0 Å². The SMILES string of the molecule is CCCSC1CC(C(C)(C)C)CCC1CN. The largest absolute Gasteiger partial charge is 0.330 e. The van der Waals surface area contributed by atoms with Crippen LogP contribution in [-0.2, 0) is 0 Å². The highest BCUT2D eigenvalue weighted by molar-refractivity contribution is 7.99. The molecule has 0 radical (unpaired) electrons. The zero-order valence-corrected chi connectivity index (χ0v) is 12.3. The molecule has 0 bridgehead atoms. The second-order valence-corrected chi connectivity index (χ2v) is 7.63. The van der Waals surface area contributed by atoms with Gasteiger partial charge in [0.2, 0.25) is 0 Å². The molecule has 0 heterocycles. The third kappa shape index (κ3) is 3.96. The minimum absolute atomic E-state index is 0.477. The molecule has 1 rings (SSSR count). The molecule has 0 aromatic rings. The van der Waals surface area contributed by atoms with Crippen molar-refractivity contribution in [2.24, 2.45) is 23.0 Å². The van der Waals surface area contributed by atoms with Crippen LogP contribution in [-0.4, -0.2) is 17.5 Å². The number of hydrogen-bond donors (Lipinski definition) is 1. The Bertz CT molecular complexity index is 197. The fraction of sp³-hybridized carbons (Fsp3) is 1.00. The van der Waals surface area contributed by atoms with Crippen molar-refractivity contribution in [1.82, 2.24) is 0 Å². The first kappa shape index (κ1) is 14.4. The topological polar surface area (TPSA) is 26.0 Å². The number of rotatable bonds is 4. The van der Waals surface area contributed by atoms with Gasteiger partial charge >= 0.3 is 0 Å². The van der Waals surface area contributed by atoms with Crippen LogP contribution in [0.1, 0.15) is 53.4 Å². The summed E-state index contributed by atoms with van der Waals surface area (Å²) in [6.07, 6.45) is 5.41. The van der Waals surface area contributed by atoms with Gasteiger partial charge in [0.15, 0.2) is 0 Å². The van der Waals surface area contributed by atoms with Crippen LogP contribution in [0.25, 0.3) is 0 Å². The van der Waals surface area contributed by atoms with Crippen molar-refractivity contribution in [1.29, 1.82) is 0 Å². The van der Waals surface area contributed by atoms with Crippen molar-refractivity contribution < 1.29 is 0 Å². The predicted molar refractivity (Wildman–Crippen MR) is 75.9 cm³/mol. The fourth-order valence-corrected chi connectivity index (χ4v) is 4.15. The third-order valence-electron chi connectivity index (χ3n) is 3.99. The Morgan fingerprint density at radius 2 is 1.94 bits per heavy atom. The number of thioether (sulfide) groups is 1. The lowest BCUT2D eigenvalue weighted by Crippen LogP contribution is -2.36. The van der Waals surface area contributed by atoms with Crippen molar-refractivity contribution in [3.05, 3.63) is 0 Å². The van der Waals surface area contributed by atoms with E-state index in [0.29, 0.717) is 5.41 Å². The highest BCUT2D eigenvalue weighted by Crippen LogP contribution is 2.43. The molecule has 0 saturated heterocycles. The van der Waals surface area contributed by atoms with Gasteiger partial charge in [-0.25, -0.2) is 0 Å². The summed E-state index contributed by atoms with van der Waals surface area (Å²) in [5, 5.41) is 0.822. The van der Waals surface area contributed by atoms with Crippen LogP contribution < -0.4 is 5.73 Å². The Hall–Kier alpha value is 0.310. The van der Waals surface area contributed by atoms with Crippen LogP contribution in [0.4, 0.5) is 0 Å². The maximum Gasteiger partial charge on any atom is 0.00901 e. The van der Waals surface area contributed by atoms with Gasteiger partial charge in [-0.05, 0) is 55.2 Å². The Kier molecular flexibility index (Phi) is 5.66. The van der Waals surface area contributed by atoms with Crippen molar-refractivity contribution >= 4 is 11.8 Å². The quantitative estimate of drug-likeness (QED) is 0.810. The van der Waals surface area contributed by atoms with E-state index < -0.39 is 0 Å². The van der Waals surface area contributed by atoms with Gasteiger partial charge in [0, 0.05) is 5.25 Å². The van der Waals surface area contributed by atoms with Crippen molar-refractivity contribution in [2.45, 2.75) is 58.6 Å². The van der Waals surface area contributed by atoms with Gasteiger partial charge < -0.3 is 5.73 Å². The molecular weight excluding hydrogens is 214 g/mol. The molecule has 2 N–H and O–H groups in total. The molecule has 0 aliphatic heterocycles. The van der Waals surface area contributed by atoms with E-state index in [0.717, 1.165) is 23.6 Å². The Balaban J connectivity index is 2.54. The molecule has 16 heavy (non-hydrogen) atoms. The second kappa shape index (κ2) is 6.30. The first-order valence-electron chi connectivity index (χ1n) is 6.80. The highest BCUT2D eigenvalue weighted by atomic mass is 32.2. The lowest BCUT2D eigenvalue weighted by Gasteiger charge is -2.41. The first-order valence-corrected chi connectivity index (χ1v) is 7.85. The van der Waals surface area contributed by atoms with Gasteiger partial charge in [-0.15, -0.1) is 0 Å². The molecule has 3 unspecified atom stereocenters. The van der Waals surface area contributed by atoms with Gasteiger partial charge in [-0.2, -0.15) is 11.8 Å². The average Bonchev–Trinajstić information content (AvgIpc) is 2.24. The van der Waals surface area contributed by atoms with E-state index >= 15 is 0 Å². The molecule has 96 valence electrons. The summed E-state index contributed by atoms with van der Waals surface area (Å²) in [6, 6.07) is 0. The van der Waals surface area contributed by atoms with E-state index in [1.807, 2.05) is 0 Å². The molecule has 3 atom stereocenters. The normalized spacial score (nSPS) is 31.7. The first-order chi connectivity index (χ1) is 7.49. The van der Waals surface area contributed by atoms with E-state index in [1.165, 1.54) is 31.4 Å². The van der Waals surface area contributed by atoms with E-state index in [-0.39, 0.29) is 0 Å². The molecule has 1 aliphatic rings. The number of hydrogen-bond acceptors (Lipinski definition) is 2. The molecule has 1 fully saturated rings. The summed E-state index contributed by atoms with van der Waals surface area (Å²) in [7, 11) is 0. The van der Waals surface area contributed by atoms with Crippen molar-refractivity contribution in [2.75, 3.05) is 12.3 Å². The van der Waals surface area contributed by atoms with Gasteiger partial charge in [-0.1, -0.05) is 27.7 Å². The summed E-state index contributed by atoms with van der Waals surface area (Å²) < 4.78 is 0. The summed E-state index contributed by atoms with van der Waals surface area (Å²) in [6.45, 7) is 10.3. The van der Waals surface area contributed by atoms with Crippen molar-refractivity contribution in [3.63, 3.8) is 0 Å². The molecule has 0 aromatic carbocycles. The second-order valence-electron chi connectivity index (χ2n) is 6.28. The molecule has 0 spiro atoms. The monoisotopic (exact) mass is 243 g/mol. The van der Waals surface area contributed by atoms with E-state index in [2.05, 4.69) is 39.5 Å². The zero-order chi connectivity index (χ0) is 12.2. The lowest BCUT2D eigenvalue weighted by atomic mass is 9.69.